The second-order valence-corrected chi connectivity index (χ2v) is 10.8. The van der Waals surface area contributed by atoms with Crippen LogP contribution in [0.4, 0.5) is 26.0 Å². The van der Waals surface area contributed by atoms with Gasteiger partial charge in [0.2, 0.25) is 0 Å². The van der Waals surface area contributed by atoms with Gasteiger partial charge in [0, 0.05) is 62.2 Å². The van der Waals surface area contributed by atoms with E-state index < -0.39 is 11.6 Å². The van der Waals surface area contributed by atoms with E-state index in [0.29, 0.717) is 41.3 Å². The van der Waals surface area contributed by atoms with Crippen molar-refractivity contribution in [1.82, 2.24) is 15.1 Å². The molecule has 2 saturated heterocycles. The van der Waals surface area contributed by atoms with Crippen LogP contribution in [0.5, 0.6) is 5.75 Å². The van der Waals surface area contributed by atoms with E-state index in [1.807, 2.05) is 12.1 Å². The number of likely N-dealkylation sites (N-methyl/N-ethyl adjacent to an activating group) is 1. The van der Waals surface area contributed by atoms with Gasteiger partial charge in [0.1, 0.15) is 12.4 Å². The molecule has 0 saturated carbocycles. The summed E-state index contributed by atoms with van der Waals surface area (Å²) in [7, 11) is 2.13. The minimum Gasteiger partial charge on any atom is -0.489 e. The van der Waals surface area contributed by atoms with Crippen molar-refractivity contribution < 1.29 is 23.0 Å². The Bertz CT molecular complexity index is 1560. The number of nitrogens with one attached hydrogen (secondary N) is 3. The summed E-state index contributed by atoms with van der Waals surface area (Å²) in [6, 6.07) is 15.1. The number of benzene rings is 3. The lowest BCUT2D eigenvalue weighted by Gasteiger charge is -2.34. The lowest BCUT2D eigenvalue weighted by atomic mass is 10.1. The van der Waals surface area contributed by atoms with Gasteiger partial charge in [-0.25, -0.2) is 8.78 Å². The first-order chi connectivity index (χ1) is 20.4. The molecule has 1 amide bonds. The zero-order valence-corrected chi connectivity index (χ0v) is 23.5. The number of carbonyl (C=O) groups excluding carboxylic acids is 1. The number of carbonyl (C=O) groups is 1. The highest BCUT2D eigenvalue weighted by molar-refractivity contribution is 6.11. The Morgan fingerprint density at radius 1 is 1.02 bits per heavy atom. The van der Waals surface area contributed by atoms with Gasteiger partial charge in [-0.3, -0.25) is 9.89 Å². The van der Waals surface area contributed by atoms with Gasteiger partial charge >= 0.3 is 0 Å². The number of hydrogen-bond donors (Lipinski definition) is 3. The van der Waals surface area contributed by atoms with E-state index in [4.69, 9.17) is 9.47 Å². The van der Waals surface area contributed by atoms with Gasteiger partial charge < -0.3 is 29.9 Å². The molecule has 0 unspecified atom stereocenters. The summed E-state index contributed by atoms with van der Waals surface area (Å²) >= 11 is 0. The minimum absolute atomic E-state index is 0.0587. The van der Waals surface area contributed by atoms with Crippen molar-refractivity contribution in [2.75, 3.05) is 62.0 Å². The Morgan fingerprint density at radius 3 is 2.62 bits per heavy atom. The van der Waals surface area contributed by atoms with Crippen molar-refractivity contribution in [2.24, 2.45) is 0 Å². The summed E-state index contributed by atoms with van der Waals surface area (Å²) in [6.07, 6.45) is 1.74. The van der Waals surface area contributed by atoms with Crippen LogP contribution in [0.2, 0.25) is 0 Å². The summed E-state index contributed by atoms with van der Waals surface area (Å²) < 4.78 is 38.2. The quantitative estimate of drug-likeness (QED) is 0.271. The van der Waals surface area contributed by atoms with Crippen molar-refractivity contribution >= 4 is 34.0 Å². The fraction of sp³-hybridized carbons (Fsp3) is 0.355. The summed E-state index contributed by atoms with van der Waals surface area (Å²) in [5.41, 5.74) is 3.62. The number of amides is 1. The number of piperazine rings is 1. The summed E-state index contributed by atoms with van der Waals surface area (Å²) in [5.74, 6) is -1.24. The SMILES string of the molecule is CN1CCN(c2ccc(C(=O)Nc3n[nH]c4ccc(OCc5ccc(F)c(F)c5)cc34)c(NC3CCOCC3)c2)CC1. The van der Waals surface area contributed by atoms with Gasteiger partial charge in [0.05, 0.1) is 11.1 Å². The number of fused-ring (bicyclic) bond motifs is 1. The van der Waals surface area contributed by atoms with Crippen molar-refractivity contribution in [1.29, 1.82) is 0 Å². The van der Waals surface area contributed by atoms with Crippen LogP contribution < -0.4 is 20.3 Å². The Morgan fingerprint density at radius 2 is 1.83 bits per heavy atom. The molecular formula is C31H34F2N6O3. The molecule has 3 aromatic carbocycles. The summed E-state index contributed by atoms with van der Waals surface area (Å²) in [5, 5.41) is 14.5. The Balaban J connectivity index is 1.21. The van der Waals surface area contributed by atoms with Crippen LogP contribution in [0.25, 0.3) is 10.9 Å². The van der Waals surface area contributed by atoms with Crippen LogP contribution in [0.3, 0.4) is 0 Å². The van der Waals surface area contributed by atoms with Crippen LogP contribution in [-0.4, -0.2) is 73.5 Å². The van der Waals surface area contributed by atoms with E-state index in [1.165, 1.54) is 6.07 Å². The molecule has 0 bridgehead atoms. The molecule has 3 N–H and O–H groups in total. The standard InChI is InChI=1S/C31H34F2N6O3/c1-38-10-12-39(13-11-38)22-3-5-24(29(17-22)34-21-8-14-41-15-9-21)31(40)35-30-25-18-23(4-7-28(25)36-37-30)42-19-20-2-6-26(32)27(33)16-20/h2-7,16-18,21,34H,8-15,19H2,1H3,(H2,35,36,37,40). The van der Waals surface area contributed by atoms with Gasteiger partial charge in [-0.05, 0) is 74.0 Å². The fourth-order valence-corrected chi connectivity index (χ4v) is 5.32. The number of anilines is 3. The molecule has 2 fully saturated rings. The topological polar surface area (TPSA) is 94.8 Å². The second-order valence-electron chi connectivity index (χ2n) is 10.8. The predicted octanol–water partition coefficient (Wildman–Crippen LogP) is 5.02. The molecule has 0 spiro atoms. The third kappa shape index (κ3) is 6.32. The first-order valence-electron chi connectivity index (χ1n) is 14.2. The van der Waals surface area contributed by atoms with Gasteiger partial charge in [0.25, 0.3) is 5.91 Å². The number of aromatic nitrogens is 2. The van der Waals surface area contributed by atoms with Crippen molar-refractivity contribution in [3.05, 3.63) is 77.4 Å². The minimum atomic E-state index is -0.923. The molecule has 3 heterocycles. The molecule has 0 aliphatic carbocycles. The van der Waals surface area contributed by atoms with Crippen LogP contribution in [0.15, 0.2) is 54.6 Å². The highest BCUT2D eigenvalue weighted by Crippen LogP contribution is 2.30. The van der Waals surface area contributed by atoms with Crippen LogP contribution in [0.1, 0.15) is 28.8 Å². The molecule has 4 aromatic rings. The lowest BCUT2D eigenvalue weighted by molar-refractivity contribution is 0.0904. The van der Waals surface area contributed by atoms with E-state index in [0.717, 1.165) is 68.0 Å². The number of nitrogens with zero attached hydrogens (tertiary/aromatic N) is 3. The normalized spacial score (nSPS) is 16.5. The smallest absolute Gasteiger partial charge is 0.258 e. The molecule has 6 rings (SSSR count). The number of hydrogen-bond acceptors (Lipinski definition) is 7. The van der Waals surface area contributed by atoms with Crippen molar-refractivity contribution in [2.45, 2.75) is 25.5 Å². The molecule has 220 valence electrons. The molecular weight excluding hydrogens is 542 g/mol. The second kappa shape index (κ2) is 12.3. The lowest BCUT2D eigenvalue weighted by Crippen LogP contribution is -2.44. The van der Waals surface area contributed by atoms with Gasteiger partial charge in [0.15, 0.2) is 17.5 Å². The monoisotopic (exact) mass is 576 g/mol. The number of rotatable bonds is 8. The van der Waals surface area contributed by atoms with E-state index in [9.17, 15) is 13.6 Å². The first kappa shape index (κ1) is 27.9. The van der Waals surface area contributed by atoms with Gasteiger partial charge in [-0.1, -0.05) is 6.07 Å². The Hall–Kier alpha value is -4.22. The number of aromatic amines is 1. The summed E-state index contributed by atoms with van der Waals surface area (Å²) in [6.45, 7) is 5.28. The number of halogens is 2. The zero-order valence-electron chi connectivity index (χ0n) is 23.5. The van der Waals surface area contributed by atoms with Crippen molar-refractivity contribution in [3.63, 3.8) is 0 Å². The molecule has 0 atom stereocenters. The first-order valence-corrected chi connectivity index (χ1v) is 14.2. The molecule has 0 radical (unpaired) electrons. The van der Waals surface area contributed by atoms with E-state index in [1.54, 1.807) is 18.2 Å². The van der Waals surface area contributed by atoms with Crippen molar-refractivity contribution in [3.8, 4) is 5.75 Å². The fourth-order valence-electron chi connectivity index (χ4n) is 5.32. The van der Waals surface area contributed by atoms with Crippen LogP contribution in [0, 0.1) is 11.6 Å². The maximum absolute atomic E-state index is 13.7. The molecule has 11 heteroatoms. The number of H-pyrrole nitrogens is 1. The highest BCUT2D eigenvalue weighted by Gasteiger charge is 2.22. The van der Waals surface area contributed by atoms with Gasteiger partial charge in [-0.2, -0.15) is 5.10 Å². The zero-order chi connectivity index (χ0) is 29.1. The average Bonchev–Trinajstić information content (AvgIpc) is 3.40. The maximum atomic E-state index is 13.7. The van der Waals surface area contributed by atoms with E-state index in [2.05, 4.69) is 43.7 Å². The summed E-state index contributed by atoms with van der Waals surface area (Å²) in [4.78, 5) is 18.3. The van der Waals surface area contributed by atoms with E-state index >= 15 is 0 Å². The van der Waals surface area contributed by atoms with Crippen LogP contribution in [-0.2, 0) is 11.3 Å². The molecule has 2 aliphatic rings. The Labute approximate surface area is 242 Å². The van der Waals surface area contributed by atoms with Crippen LogP contribution >= 0.6 is 0 Å². The molecule has 9 nitrogen and oxygen atoms in total. The predicted molar refractivity (Wildman–Crippen MR) is 158 cm³/mol. The molecule has 2 aliphatic heterocycles. The molecule has 42 heavy (non-hydrogen) atoms. The average molecular weight is 577 g/mol. The Kier molecular flexibility index (Phi) is 8.20. The van der Waals surface area contributed by atoms with Gasteiger partial charge in [-0.15, -0.1) is 0 Å². The number of ether oxygens (including phenoxy) is 2. The van der Waals surface area contributed by atoms with E-state index in [-0.39, 0.29) is 18.6 Å². The third-order valence-corrected chi connectivity index (χ3v) is 7.85. The maximum Gasteiger partial charge on any atom is 0.258 e. The highest BCUT2D eigenvalue weighted by atomic mass is 19.2. The molecule has 1 aromatic heterocycles. The third-order valence-electron chi connectivity index (χ3n) is 7.85. The largest absolute Gasteiger partial charge is 0.489 e.